The molecule has 1 heterocycles. The van der Waals surface area contributed by atoms with Gasteiger partial charge < -0.3 is 9.84 Å². The predicted molar refractivity (Wildman–Crippen MR) is 139 cm³/mol. The van der Waals surface area contributed by atoms with Crippen LogP contribution in [0.1, 0.15) is 78.1 Å². The summed E-state index contributed by atoms with van der Waals surface area (Å²) in [5.41, 5.74) is -0.198. The van der Waals surface area contributed by atoms with Crippen molar-refractivity contribution < 1.29 is 23.4 Å². The van der Waals surface area contributed by atoms with Crippen molar-refractivity contribution in [2.24, 2.45) is 40.4 Å². The number of carbonyl (C=O) groups is 1. The number of halogens is 2. The van der Waals surface area contributed by atoms with E-state index >= 15 is 0 Å². The molecule has 0 unspecified atom stereocenters. The highest BCUT2D eigenvalue weighted by Gasteiger charge is 2.62. The van der Waals surface area contributed by atoms with Gasteiger partial charge >= 0.3 is 0 Å². The van der Waals surface area contributed by atoms with Crippen molar-refractivity contribution in [2.45, 2.75) is 90.2 Å². The van der Waals surface area contributed by atoms with Crippen molar-refractivity contribution in [1.82, 2.24) is 15.0 Å². The van der Waals surface area contributed by atoms with Crippen LogP contribution < -0.4 is 0 Å². The second-order valence-corrected chi connectivity index (χ2v) is 13.5. The van der Waals surface area contributed by atoms with Crippen LogP contribution in [0.3, 0.4) is 0 Å². The summed E-state index contributed by atoms with van der Waals surface area (Å²) in [5, 5.41) is 18.8. The summed E-state index contributed by atoms with van der Waals surface area (Å²) in [5.74, 6) is 0.797. The molecule has 0 bridgehead atoms. The molecular weight excluding hydrogens is 488 g/mol. The Morgan fingerprint density at radius 2 is 1.92 bits per heavy atom. The van der Waals surface area contributed by atoms with Gasteiger partial charge in [0.1, 0.15) is 23.4 Å². The average molecular weight is 530 g/mol. The molecule has 0 radical (unpaired) electrons. The molecule has 4 saturated carbocycles. The smallest absolute Gasteiger partial charge is 0.157 e. The van der Waals surface area contributed by atoms with E-state index in [1.165, 1.54) is 11.1 Å². The Hall–Kier alpha value is -1.93. The molecule has 8 heteroatoms. The Kier molecular flexibility index (Phi) is 6.45. The molecule has 4 aliphatic rings. The fourth-order valence-electron chi connectivity index (χ4n) is 9.95. The summed E-state index contributed by atoms with van der Waals surface area (Å²) in [6.07, 6.45) is 10.2. The predicted octanol–water partition coefficient (Wildman–Crippen LogP) is 5.71. The van der Waals surface area contributed by atoms with E-state index in [0.29, 0.717) is 23.7 Å². The van der Waals surface area contributed by atoms with Crippen molar-refractivity contribution in [3.8, 4) is 0 Å². The van der Waals surface area contributed by atoms with Crippen molar-refractivity contribution >= 4 is 16.8 Å². The number of ketones is 1. The zero-order valence-corrected chi connectivity index (χ0v) is 22.9. The van der Waals surface area contributed by atoms with Crippen LogP contribution in [0.5, 0.6) is 0 Å². The van der Waals surface area contributed by atoms with Crippen LogP contribution in [-0.2, 0) is 16.1 Å². The van der Waals surface area contributed by atoms with Gasteiger partial charge in [-0.25, -0.2) is 13.5 Å². The molecule has 38 heavy (non-hydrogen) atoms. The van der Waals surface area contributed by atoms with E-state index in [4.69, 9.17) is 4.74 Å². The fourth-order valence-corrected chi connectivity index (χ4v) is 9.95. The van der Waals surface area contributed by atoms with E-state index in [1.807, 2.05) is 6.92 Å². The van der Waals surface area contributed by atoms with Gasteiger partial charge in [-0.15, -0.1) is 5.10 Å². The highest BCUT2D eigenvalue weighted by atomic mass is 19.1. The number of Topliss-reactive ketones (excluding diaryl/α,β-unsaturated/α-hetero) is 1. The number of rotatable bonds is 6. The molecule has 4 fully saturated rings. The van der Waals surface area contributed by atoms with Gasteiger partial charge in [0.2, 0.25) is 0 Å². The van der Waals surface area contributed by atoms with Gasteiger partial charge in [0, 0.05) is 31.8 Å². The van der Waals surface area contributed by atoms with E-state index in [0.717, 1.165) is 76.5 Å². The summed E-state index contributed by atoms with van der Waals surface area (Å²) < 4.78 is 35.1. The summed E-state index contributed by atoms with van der Waals surface area (Å²) in [7, 11) is 1.79. The summed E-state index contributed by atoms with van der Waals surface area (Å²) in [6.45, 7) is 5.05. The average Bonchev–Trinajstić information content (AvgIpc) is 3.43. The summed E-state index contributed by atoms with van der Waals surface area (Å²) >= 11 is 0. The molecule has 1 aromatic carbocycles. The van der Waals surface area contributed by atoms with E-state index in [1.54, 1.807) is 7.11 Å². The first-order valence-electron chi connectivity index (χ1n) is 14.5. The van der Waals surface area contributed by atoms with Gasteiger partial charge in [-0.05, 0) is 106 Å². The Morgan fingerprint density at radius 1 is 1.11 bits per heavy atom. The molecule has 4 aliphatic carbocycles. The van der Waals surface area contributed by atoms with Crippen LogP contribution in [0.25, 0.3) is 11.0 Å². The van der Waals surface area contributed by atoms with Crippen LogP contribution in [0.15, 0.2) is 12.1 Å². The van der Waals surface area contributed by atoms with Gasteiger partial charge in [-0.1, -0.05) is 12.1 Å². The third-order valence-electron chi connectivity index (χ3n) is 11.6. The molecule has 0 saturated heterocycles. The van der Waals surface area contributed by atoms with Crippen LogP contribution >= 0.6 is 0 Å². The van der Waals surface area contributed by atoms with E-state index in [-0.39, 0.29) is 40.1 Å². The van der Waals surface area contributed by atoms with Gasteiger partial charge in [0.05, 0.1) is 5.60 Å². The first-order chi connectivity index (χ1) is 18.1. The number of ether oxygens (including phenoxy) is 1. The monoisotopic (exact) mass is 529 g/mol. The van der Waals surface area contributed by atoms with Gasteiger partial charge in [0.15, 0.2) is 11.6 Å². The normalized spacial score (nSPS) is 40.5. The van der Waals surface area contributed by atoms with Crippen LogP contribution in [0, 0.1) is 52.1 Å². The molecule has 6 nitrogen and oxygen atoms in total. The van der Waals surface area contributed by atoms with Crippen molar-refractivity contribution in [1.29, 1.82) is 0 Å². The minimum atomic E-state index is -0.738. The zero-order chi connectivity index (χ0) is 26.9. The van der Waals surface area contributed by atoms with Crippen molar-refractivity contribution in [3.05, 3.63) is 23.8 Å². The fraction of sp³-hybridized carbons (Fsp3) is 0.767. The van der Waals surface area contributed by atoms with Crippen LogP contribution in [0.2, 0.25) is 0 Å². The third-order valence-corrected chi connectivity index (χ3v) is 11.6. The number of aromatic nitrogens is 3. The quantitative estimate of drug-likeness (QED) is 0.519. The maximum atomic E-state index is 14.5. The number of nitrogens with zero attached hydrogens (tertiary/aromatic N) is 3. The zero-order valence-electron chi connectivity index (χ0n) is 22.9. The molecule has 6 rings (SSSR count). The SMILES string of the molecule is COCC[C@]12CC[C@@](C)(O)C[C@@H]1CC[C@H]1[C@@H]3CC[C@H](C(=O)Cn4nnc5cc(F)cc(F)c54)[C@@]3(C)CC[C@@H]12. The van der Waals surface area contributed by atoms with E-state index < -0.39 is 17.2 Å². The molecule has 8 atom stereocenters. The Morgan fingerprint density at radius 3 is 2.71 bits per heavy atom. The standard InChI is InChI=1S/C30H41F2N3O3/c1-28(37)10-11-30(12-13-38-3)18(16-28)4-5-20-21-6-7-23(29(21,2)9-8-22(20)30)26(36)17-35-27-24(32)14-19(31)15-25(27)33-34-35/h14-15,18,20-23,37H,4-13,16-17H2,1-3H3/t18-,20-,21-,22-,23+,28+,29-,30+/m0/s1. The number of fused-ring (bicyclic) bond motifs is 6. The topological polar surface area (TPSA) is 77.2 Å². The number of benzene rings is 1. The van der Waals surface area contributed by atoms with Gasteiger partial charge in [-0.2, -0.15) is 0 Å². The number of aliphatic hydroxyl groups is 1. The lowest BCUT2D eigenvalue weighted by molar-refractivity contribution is -0.163. The summed E-state index contributed by atoms with van der Waals surface area (Å²) in [4.78, 5) is 13.7. The minimum absolute atomic E-state index is 0.0327. The first kappa shape index (κ1) is 26.3. The molecule has 208 valence electrons. The first-order valence-corrected chi connectivity index (χ1v) is 14.5. The molecule has 0 aliphatic heterocycles. The lowest BCUT2D eigenvalue weighted by atomic mass is 9.42. The molecule has 1 aromatic heterocycles. The van der Waals surface area contributed by atoms with Gasteiger partial charge in [-0.3, -0.25) is 4.79 Å². The third kappa shape index (κ3) is 4.04. The van der Waals surface area contributed by atoms with Crippen molar-refractivity contribution in [2.75, 3.05) is 13.7 Å². The second kappa shape index (κ2) is 9.33. The minimum Gasteiger partial charge on any atom is -0.390 e. The molecular formula is C30H41F2N3O3. The van der Waals surface area contributed by atoms with Crippen molar-refractivity contribution in [3.63, 3.8) is 0 Å². The van der Waals surface area contributed by atoms with Gasteiger partial charge in [0.25, 0.3) is 0 Å². The number of carbonyl (C=O) groups excluding carboxylic acids is 1. The lowest BCUT2D eigenvalue weighted by Crippen LogP contribution is -2.57. The number of hydrogen-bond donors (Lipinski definition) is 1. The van der Waals surface area contributed by atoms with Crippen LogP contribution in [0.4, 0.5) is 8.78 Å². The Balaban J connectivity index is 1.24. The van der Waals surface area contributed by atoms with E-state index in [2.05, 4.69) is 17.2 Å². The lowest BCUT2D eigenvalue weighted by Gasteiger charge is -2.63. The number of methoxy groups -OCH3 is 1. The molecule has 1 N–H and O–H groups in total. The maximum Gasteiger partial charge on any atom is 0.157 e. The second-order valence-electron chi connectivity index (χ2n) is 13.5. The Bertz CT molecular complexity index is 1230. The largest absolute Gasteiger partial charge is 0.390 e. The highest BCUT2D eigenvalue weighted by molar-refractivity contribution is 5.84. The van der Waals surface area contributed by atoms with Crippen LogP contribution in [-0.4, -0.2) is 45.2 Å². The maximum absolute atomic E-state index is 14.5. The number of hydrogen-bond acceptors (Lipinski definition) is 5. The Labute approximate surface area is 223 Å². The molecule has 0 amide bonds. The highest BCUT2D eigenvalue weighted by Crippen LogP contribution is 2.69. The summed E-state index contributed by atoms with van der Waals surface area (Å²) in [6, 6.07) is 1.97. The molecule has 2 aromatic rings. The molecule has 0 spiro atoms. The van der Waals surface area contributed by atoms with E-state index in [9.17, 15) is 18.7 Å².